The van der Waals surface area contributed by atoms with Crippen LogP contribution in [0.2, 0.25) is 0 Å². The maximum absolute atomic E-state index is 12.5. The first-order valence-corrected chi connectivity index (χ1v) is 9.11. The summed E-state index contributed by atoms with van der Waals surface area (Å²) in [5.41, 5.74) is 3.65. The van der Waals surface area contributed by atoms with Gasteiger partial charge in [0, 0.05) is 31.5 Å². The van der Waals surface area contributed by atoms with Crippen molar-refractivity contribution in [1.29, 1.82) is 0 Å². The predicted octanol–water partition coefficient (Wildman–Crippen LogP) is 2.66. The third-order valence-electron chi connectivity index (χ3n) is 4.80. The Hall–Kier alpha value is -2.77. The summed E-state index contributed by atoms with van der Waals surface area (Å²) in [6.45, 7) is 6.49. The fourth-order valence-electron chi connectivity index (χ4n) is 3.14. The molecular weight excluding hydrogens is 344 g/mol. The lowest BCUT2D eigenvalue weighted by atomic mass is 10.1. The van der Waals surface area contributed by atoms with Gasteiger partial charge in [-0.2, -0.15) is 0 Å². The number of nitrogens with zero attached hydrogens (tertiary/aromatic N) is 3. The maximum Gasteiger partial charge on any atom is 0.257 e. The summed E-state index contributed by atoms with van der Waals surface area (Å²) in [7, 11) is 0. The molecule has 7 heteroatoms. The summed E-state index contributed by atoms with van der Waals surface area (Å²) < 4.78 is 10.4. The van der Waals surface area contributed by atoms with Gasteiger partial charge in [-0.25, -0.2) is 4.98 Å². The van der Waals surface area contributed by atoms with E-state index in [0.29, 0.717) is 11.3 Å². The molecule has 1 aliphatic rings. The summed E-state index contributed by atoms with van der Waals surface area (Å²) in [5.74, 6) is -0.203. The molecule has 1 aliphatic heterocycles. The van der Waals surface area contributed by atoms with E-state index >= 15 is 0 Å². The molecule has 0 spiro atoms. The number of morpholine rings is 1. The molecule has 3 heterocycles. The number of aromatic nitrogens is 2. The SMILES string of the molecule is Cc1noc2ncc(C(=O)Nc3ccc(CCN4CCOCC4)cc3)cc12. The second kappa shape index (κ2) is 7.85. The smallest absolute Gasteiger partial charge is 0.257 e. The highest BCUT2D eigenvalue weighted by Crippen LogP contribution is 2.18. The third-order valence-corrected chi connectivity index (χ3v) is 4.80. The van der Waals surface area contributed by atoms with Crippen LogP contribution in [0.5, 0.6) is 0 Å². The highest BCUT2D eigenvalue weighted by Gasteiger charge is 2.12. The van der Waals surface area contributed by atoms with Gasteiger partial charge in [0.15, 0.2) is 0 Å². The van der Waals surface area contributed by atoms with Crippen molar-refractivity contribution in [1.82, 2.24) is 15.0 Å². The molecule has 1 amide bonds. The molecule has 4 rings (SSSR count). The van der Waals surface area contributed by atoms with E-state index in [9.17, 15) is 4.79 Å². The molecule has 3 aromatic rings. The molecule has 2 aromatic heterocycles. The molecule has 0 bridgehead atoms. The van der Waals surface area contributed by atoms with Crippen LogP contribution < -0.4 is 5.32 Å². The molecule has 0 unspecified atom stereocenters. The van der Waals surface area contributed by atoms with E-state index in [1.54, 1.807) is 6.07 Å². The standard InChI is InChI=1S/C20H22N4O3/c1-14-18-12-16(13-21-20(18)27-23-14)19(25)22-17-4-2-15(3-5-17)6-7-24-8-10-26-11-9-24/h2-5,12-13H,6-11H2,1H3,(H,22,25). The van der Waals surface area contributed by atoms with Crippen molar-refractivity contribution < 1.29 is 14.1 Å². The number of amides is 1. The highest BCUT2D eigenvalue weighted by molar-refractivity contribution is 6.05. The molecule has 0 atom stereocenters. The summed E-state index contributed by atoms with van der Waals surface area (Å²) in [6, 6.07) is 9.73. The van der Waals surface area contributed by atoms with E-state index in [-0.39, 0.29) is 5.91 Å². The lowest BCUT2D eigenvalue weighted by Crippen LogP contribution is -2.37. The Morgan fingerprint density at radius 3 is 2.78 bits per heavy atom. The summed E-state index contributed by atoms with van der Waals surface area (Å²) in [6.07, 6.45) is 2.49. The molecule has 1 aromatic carbocycles. The first kappa shape index (κ1) is 17.6. The largest absolute Gasteiger partial charge is 0.379 e. The predicted molar refractivity (Wildman–Crippen MR) is 102 cm³/mol. The normalized spacial score (nSPS) is 15.1. The number of nitrogens with one attached hydrogen (secondary N) is 1. The average molecular weight is 366 g/mol. The van der Waals surface area contributed by atoms with Gasteiger partial charge in [-0.1, -0.05) is 17.3 Å². The molecule has 27 heavy (non-hydrogen) atoms. The first-order valence-electron chi connectivity index (χ1n) is 9.11. The van der Waals surface area contributed by atoms with Crippen molar-refractivity contribution >= 4 is 22.7 Å². The zero-order valence-corrected chi connectivity index (χ0v) is 15.3. The number of pyridine rings is 1. The van der Waals surface area contributed by atoms with Crippen molar-refractivity contribution in [3.05, 3.63) is 53.3 Å². The number of carbonyl (C=O) groups excluding carboxylic acids is 1. The van der Waals surface area contributed by atoms with E-state index in [1.165, 1.54) is 11.8 Å². The van der Waals surface area contributed by atoms with Gasteiger partial charge < -0.3 is 14.6 Å². The minimum atomic E-state index is -0.203. The van der Waals surface area contributed by atoms with E-state index in [0.717, 1.165) is 56.0 Å². The maximum atomic E-state index is 12.5. The number of anilines is 1. The monoisotopic (exact) mass is 366 g/mol. The first-order chi connectivity index (χ1) is 13.2. The van der Waals surface area contributed by atoms with Crippen LogP contribution in [0.4, 0.5) is 5.69 Å². The number of hydrogen-bond acceptors (Lipinski definition) is 6. The van der Waals surface area contributed by atoms with Crippen LogP contribution in [0.3, 0.4) is 0 Å². The van der Waals surface area contributed by atoms with Gasteiger partial charge in [-0.05, 0) is 37.1 Å². The number of hydrogen-bond donors (Lipinski definition) is 1. The van der Waals surface area contributed by atoms with Crippen LogP contribution >= 0.6 is 0 Å². The number of aryl methyl sites for hydroxylation is 1. The quantitative estimate of drug-likeness (QED) is 0.748. The molecule has 7 nitrogen and oxygen atoms in total. The van der Waals surface area contributed by atoms with Gasteiger partial charge in [0.25, 0.3) is 11.6 Å². The van der Waals surface area contributed by atoms with Crippen LogP contribution in [0.1, 0.15) is 21.6 Å². The molecule has 140 valence electrons. The third kappa shape index (κ3) is 4.15. The van der Waals surface area contributed by atoms with Crippen LogP contribution in [0.25, 0.3) is 11.1 Å². The Morgan fingerprint density at radius 1 is 1.22 bits per heavy atom. The summed E-state index contributed by atoms with van der Waals surface area (Å²) in [4.78, 5) is 19.0. The summed E-state index contributed by atoms with van der Waals surface area (Å²) >= 11 is 0. The highest BCUT2D eigenvalue weighted by atomic mass is 16.5. The zero-order chi connectivity index (χ0) is 18.6. The minimum Gasteiger partial charge on any atom is -0.379 e. The van der Waals surface area contributed by atoms with Crippen molar-refractivity contribution in [2.75, 3.05) is 38.2 Å². The van der Waals surface area contributed by atoms with E-state index in [1.807, 2.05) is 19.1 Å². The number of carbonyl (C=O) groups is 1. The van der Waals surface area contributed by atoms with Gasteiger partial charge in [-0.15, -0.1) is 0 Å². The van der Waals surface area contributed by atoms with Crippen LogP contribution in [0, 0.1) is 6.92 Å². The second-order valence-electron chi connectivity index (χ2n) is 6.70. The zero-order valence-electron chi connectivity index (χ0n) is 15.3. The fraction of sp³-hybridized carbons (Fsp3) is 0.350. The van der Waals surface area contributed by atoms with Crippen molar-refractivity contribution in [3.63, 3.8) is 0 Å². The Labute approximate surface area is 157 Å². The molecule has 1 saturated heterocycles. The van der Waals surface area contributed by atoms with Gasteiger partial charge in [0.1, 0.15) is 0 Å². The minimum absolute atomic E-state index is 0.203. The van der Waals surface area contributed by atoms with E-state index in [2.05, 4.69) is 32.5 Å². The molecule has 1 fully saturated rings. The van der Waals surface area contributed by atoms with E-state index < -0.39 is 0 Å². The second-order valence-corrected chi connectivity index (χ2v) is 6.70. The van der Waals surface area contributed by atoms with Crippen molar-refractivity contribution in [2.45, 2.75) is 13.3 Å². The molecule has 0 aliphatic carbocycles. The van der Waals surface area contributed by atoms with E-state index in [4.69, 9.17) is 9.26 Å². The summed E-state index contributed by atoms with van der Waals surface area (Å²) in [5, 5.41) is 7.52. The Bertz CT molecular complexity index is 930. The number of rotatable bonds is 5. The van der Waals surface area contributed by atoms with Gasteiger partial charge in [-0.3, -0.25) is 9.69 Å². The van der Waals surface area contributed by atoms with Gasteiger partial charge in [0.2, 0.25) is 0 Å². The molecular formula is C20H22N4O3. The number of fused-ring (bicyclic) bond motifs is 1. The van der Waals surface area contributed by atoms with Crippen molar-refractivity contribution in [3.8, 4) is 0 Å². The van der Waals surface area contributed by atoms with Crippen molar-refractivity contribution in [2.24, 2.45) is 0 Å². The topological polar surface area (TPSA) is 80.5 Å². The van der Waals surface area contributed by atoms with Crippen LogP contribution in [-0.2, 0) is 11.2 Å². The molecule has 1 N–H and O–H groups in total. The van der Waals surface area contributed by atoms with Gasteiger partial charge >= 0.3 is 0 Å². The fourth-order valence-corrected chi connectivity index (χ4v) is 3.14. The Kier molecular flexibility index (Phi) is 5.13. The van der Waals surface area contributed by atoms with Gasteiger partial charge in [0.05, 0.1) is 29.9 Å². The Balaban J connectivity index is 1.36. The molecule has 0 saturated carbocycles. The lowest BCUT2D eigenvalue weighted by Gasteiger charge is -2.26. The molecule has 0 radical (unpaired) electrons. The van der Waals surface area contributed by atoms with Crippen LogP contribution in [-0.4, -0.2) is 53.8 Å². The Morgan fingerprint density at radius 2 is 2.00 bits per heavy atom. The average Bonchev–Trinajstić information content (AvgIpc) is 3.08. The lowest BCUT2D eigenvalue weighted by molar-refractivity contribution is 0.0384. The number of benzene rings is 1. The van der Waals surface area contributed by atoms with Crippen LogP contribution in [0.15, 0.2) is 41.1 Å². The number of ether oxygens (including phenoxy) is 1.